The highest BCUT2D eigenvalue weighted by atomic mass is 79.9. The summed E-state index contributed by atoms with van der Waals surface area (Å²) in [6.45, 7) is 0. The van der Waals surface area contributed by atoms with Gasteiger partial charge in [0, 0.05) is 10.7 Å². The first-order chi connectivity index (χ1) is 9.11. The maximum Gasteiger partial charge on any atom is 0.146 e. The second-order valence-electron chi connectivity index (χ2n) is 4.15. The monoisotopic (exact) mass is 326 g/mol. The van der Waals surface area contributed by atoms with Gasteiger partial charge in [-0.15, -0.1) is 0 Å². The van der Waals surface area contributed by atoms with E-state index >= 15 is 0 Å². The van der Waals surface area contributed by atoms with Crippen molar-refractivity contribution in [2.75, 3.05) is 7.05 Å². The van der Waals surface area contributed by atoms with E-state index in [0.29, 0.717) is 12.1 Å². The van der Waals surface area contributed by atoms with Crippen molar-refractivity contribution >= 4 is 15.9 Å². The average molecular weight is 327 g/mol. The van der Waals surface area contributed by atoms with Crippen molar-refractivity contribution in [3.8, 4) is 0 Å². The van der Waals surface area contributed by atoms with Gasteiger partial charge in [-0.3, -0.25) is 4.98 Å². The molecule has 100 valence electrons. The molecule has 1 aromatic carbocycles. The molecule has 0 bridgehead atoms. The Bertz CT molecular complexity index is 575. The summed E-state index contributed by atoms with van der Waals surface area (Å²) in [5, 5.41) is 3.01. The van der Waals surface area contributed by atoms with E-state index in [-0.39, 0.29) is 17.7 Å². The van der Waals surface area contributed by atoms with Gasteiger partial charge in [0.15, 0.2) is 0 Å². The number of hydrogen-bond donors (Lipinski definition) is 1. The van der Waals surface area contributed by atoms with Crippen LogP contribution in [0.5, 0.6) is 0 Å². The molecule has 0 aliphatic rings. The van der Waals surface area contributed by atoms with Crippen LogP contribution in [-0.4, -0.2) is 12.0 Å². The van der Waals surface area contributed by atoms with Crippen LogP contribution in [0.2, 0.25) is 0 Å². The van der Waals surface area contributed by atoms with Gasteiger partial charge in [-0.1, -0.05) is 15.9 Å². The molecule has 1 heterocycles. The van der Waals surface area contributed by atoms with Crippen molar-refractivity contribution in [2.24, 2.45) is 0 Å². The van der Waals surface area contributed by atoms with Crippen molar-refractivity contribution in [1.29, 1.82) is 0 Å². The summed E-state index contributed by atoms with van der Waals surface area (Å²) in [6.07, 6.45) is 1.99. The lowest BCUT2D eigenvalue weighted by atomic mass is 10.0. The minimum Gasteiger partial charge on any atom is -0.311 e. The summed E-state index contributed by atoms with van der Waals surface area (Å²) in [5.74, 6) is -0.677. The Kier molecular flexibility index (Phi) is 4.61. The SMILES string of the molecule is CNC(Cc1cc(F)ccc1Br)c1ncccc1F. The molecule has 1 aromatic heterocycles. The summed E-state index contributed by atoms with van der Waals surface area (Å²) in [5.41, 5.74) is 1.10. The predicted octanol–water partition coefficient (Wildman–Crippen LogP) is 3.63. The van der Waals surface area contributed by atoms with E-state index in [9.17, 15) is 8.78 Å². The number of aromatic nitrogens is 1. The molecule has 0 saturated heterocycles. The number of nitrogens with one attached hydrogen (secondary N) is 1. The largest absolute Gasteiger partial charge is 0.311 e. The molecule has 1 atom stereocenters. The quantitative estimate of drug-likeness (QED) is 0.928. The van der Waals surface area contributed by atoms with Crippen LogP contribution in [0.25, 0.3) is 0 Å². The zero-order chi connectivity index (χ0) is 13.8. The summed E-state index contributed by atoms with van der Waals surface area (Å²) < 4.78 is 27.8. The van der Waals surface area contributed by atoms with E-state index in [1.165, 1.54) is 18.2 Å². The summed E-state index contributed by atoms with van der Waals surface area (Å²) in [6, 6.07) is 7.07. The fraction of sp³-hybridized carbons (Fsp3) is 0.214. The van der Waals surface area contributed by atoms with Gasteiger partial charge in [-0.25, -0.2) is 8.78 Å². The van der Waals surface area contributed by atoms with Crippen LogP contribution in [0.15, 0.2) is 41.0 Å². The molecule has 1 N–H and O–H groups in total. The van der Waals surface area contributed by atoms with Gasteiger partial charge in [-0.2, -0.15) is 0 Å². The third-order valence-corrected chi connectivity index (χ3v) is 3.67. The van der Waals surface area contributed by atoms with E-state index < -0.39 is 0 Å². The van der Waals surface area contributed by atoms with Gasteiger partial charge in [0.05, 0.1) is 11.7 Å². The molecular formula is C14H13BrF2N2. The Morgan fingerprint density at radius 2 is 2.11 bits per heavy atom. The van der Waals surface area contributed by atoms with Crippen molar-refractivity contribution in [3.05, 3.63) is 63.9 Å². The van der Waals surface area contributed by atoms with Crippen LogP contribution in [0, 0.1) is 11.6 Å². The van der Waals surface area contributed by atoms with E-state index in [4.69, 9.17) is 0 Å². The Hall–Kier alpha value is -1.33. The van der Waals surface area contributed by atoms with Crippen molar-refractivity contribution in [1.82, 2.24) is 10.3 Å². The fourth-order valence-electron chi connectivity index (χ4n) is 1.91. The standard InChI is InChI=1S/C14H13BrF2N2/c1-18-13(14-12(17)3-2-6-19-14)8-9-7-10(16)4-5-11(9)15/h2-7,13,18H,8H2,1H3. The summed E-state index contributed by atoms with van der Waals surface area (Å²) in [4.78, 5) is 4.05. The lowest BCUT2D eigenvalue weighted by molar-refractivity contribution is 0.515. The lowest BCUT2D eigenvalue weighted by Gasteiger charge is -2.17. The maximum absolute atomic E-state index is 13.7. The molecule has 19 heavy (non-hydrogen) atoms. The van der Waals surface area contributed by atoms with Crippen LogP contribution in [0.3, 0.4) is 0 Å². The second-order valence-corrected chi connectivity index (χ2v) is 5.01. The molecule has 0 aliphatic heterocycles. The molecular weight excluding hydrogens is 314 g/mol. The van der Waals surface area contributed by atoms with Crippen LogP contribution >= 0.6 is 15.9 Å². The molecule has 0 radical (unpaired) electrons. The number of benzene rings is 1. The zero-order valence-corrected chi connectivity index (χ0v) is 11.9. The van der Waals surface area contributed by atoms with E-state index in [2.05, 4.69) is 26.2 Å². The summed E-state index contributed by atoms with van der Waals surface area (Å²) >= 11 is 3.37. The van der Waals surface area contributed by atoms with Crippen LogP contribution < -0.4 is 5.32 Å². The topological polar surface area (TPSA) is 24.9 Å². The number of halogens is 3. The number of hydrogen-bond acceptors (Lipinski definition) is 2. The minimum atomic E-state index is -0.366. The molecule has 0 aliphatic carbocycles. The molecule has 0 spiro atoms. The highest BCUT2D eigenvalue weighted by Crippen LogP contribution is 2.24. The number of pyridine rings is 1. The molecule has 0 amide bonds. The van der Waals surface area contributed by atoms with Crippen molar-refractivity contribution < 1.29 is 8.78 Å². The molecule has 2 aromatic rings. The van der Waals surface area contributed by atoms with Crippen LogP contribution in [0.4, 0.5) is 8.78 Å². The van der Waals surface area contributed by atoms with Gasteiger partial charge in [-0.05, 0) is 49.4 Å². The van der Waals surface area contributed by atoms with E-state index in [1.807, 2.05) is 0 Å². The molecule has 5 heteroatoms. The second kappa shape index (κ2) is 6.21. The molecule has 0 saturated carbocycles. The van der Waals surface area contributed by atoms with E-state index in [1.54, 1.807) is 25.4 Å². The van der Waals surface area contributed by atoms with Crippen molar-refractivity contribution in [3.63, 3.8) is 0 Å². The normalized spacial score (nSPS) is 12.4. The van der Waals surface area contributed by atoms with Gasteiger partial charge >= 0.3 is 0 Å². The Labute approximate surface area is 119 Å². The smallest absolute Gasteiger partial charge is 0.146 e. The highest BCUT2D eigenvalue weighted by Gasteiger charge is 2.17. The Balaban J connectivity index is 2.29. The molecule has 1 unspecified atom stereocenters. The highest BCUT2D eigenvalue weighted by molar-refractivity contribution is 9.10. The van der Waals surface area contributed by atoms with Gasteiger partial charge in [0.2, 0.25) is 0 Å². The first-order valence-electron chi connectivity index (χ1n) is 5.83. The van der Waals surface area contributed by atoms with Gasteiger partial charge in [0.1, 0.15) is 11.6 Å². The van der Waals surface area contributed by atoms with Gasteiger partial charge in [0.25, 0.3) is 0 Å². The predicted molar refractivity (Wildman–Crippen MR) is 73.8 cm³/mol. The number of rotatable bonds is 4. The van der Waals surface area contributed by atoms with E-state index in [0.717, 1.165) is 10.0 Å². The van der Waals surface area contributed by atoms with Crippen molar-refractivity contribution in [2.45, 2.75) is 12.5 Å². The van der Waals surface area contributed by atoms with Gasteiger partial charge < -0.3 is 5.32 Å². The fourth-order valence-corrected chi connectivity index (χ4v) is 2.32. The third kappa shape index (κ3) is 3.36. The first-order valence-corrected chi connectivity index (χ1v) is 6.62. The van der Waals surface area contributed by atoms with Crippen LogP contribution in [-0.2, 0) is 6.42 Å². The summed E-state index contributed by atoms with van der Waals surface area (Å²) in [7, 11) is 1.73. The maximum atomic E-state index is 13.7. The third-order valence-electron chi connectivity index (χ3n) is 2.90. The number of nitrogens with zero attached hydrogens (tertiary/aromatic N) is 1. The average Bonchev–Trinajstić information content (AvgIpc) is 2.41. The molecule has 2 nitrogen and oxygen atoms in total. The first kappa shape index (κ1) is 14.1. The number of likely N-dealkylation sites (N-methyl/N-ethyl adjacent to an activating group) is 1. The molecule has 2 rings (SSSR count). The van der Waals surface area contributed by atoms with Crippen LogP contribution in [0.1, 0.15) is 17.3 Å². The molecule has 0 fully saturated rings. The Morgan fingerprint density at radius 1 is 1.32 bits per heavy atom. The minimum absolute atomic E-state index is 0.306. The lowest BCUT2D eigenvalue weighted by Crippen LogP contribution is -2.21. The Morgan fingerprint density at radius 3 is 2.79 bits per heavy atom. The zero-order valence-electron chi connectivity index (χ0n) is 10.3.